The lowest BCUT2D eigenvalue weighted by Gasteiger charge is -2.02. The van der Waals surface area contributed by atoms with E-state index in [0.717, 1.165) is 5.56 Å². The Balaban J connectivity index is 2.02. The van der Waals surface area contributed by atoms with Gasteiger partial charge in [0.25, 0.3) is 5.91 Å². The minimum Gasteiger partial charge on any atom is -0.507 e. The van der Waals surface area contributed by atoms with Crippen molar-refractivity contribution >= 4 is 12.1 Å². The molecule has 3 N–H and O–H groups in total. The summed E-state index contributed by atoms with van der Waals surface area (Å²) in [6, 6.07) is 11.2. The van der Waals surface area contributed by atoms with Crippen molar-refractivity contribution < 1.29 is 15.0 Å². The largest absolute Gasteiger partial charge is 0.507 e. The molecule has 0 unspecified atom stereocenters. The van der Waals surface area contributed by atoms with Gasteiger partial charge in [0.05, 0.1) is 12.8 Å². The Kier molecular flexibility index (Phi) is 4.91. The van der Waals surface area contributed by atoms with Crippen LogP contribution >= 0.6 is 0 Å². The van der Waals surface area contributed by atoms with E-state index in [1.165, 1.54) is 12.3 Å². The van der Waals surface area contributed by atoms with Gasteiger partial charge in [0.2, 0.25) is 0 Å². The maximum absolute atomic E-state index is 11.8. The molecule has 0 spiro atoms. The second kappa shape index (κ2) is 7.07. The lowest BCUT2D eigenvalue weighted by Crippen LogP contribution is -2.17. The van der Waals surface area contributed by atoms with Crippen LogP contribution in [0.5, 0.6) is 5.75 Å². The molecule has 0 aliphatic heterocycles. The molecule has 2 aromatic carbocycles. The molecule has 0 aromatic heterocycles. The summed E-state index contributed by atoms with van der Waals surface area (Å²) in [6.45, 7) is -0.0764. The number of aliphatic hydroxyl groups is 1. The highest BCUT2D eigenvalue weighted by molar-refractivity contribution is 5.95. The fraction of sp³-hybridized carbons (Fsp3) is 0.0588. The number of carbonyl (C=O) groups is 1. The Morgan fingerprint density at radius 3 is 2.59 bits per heavy atom. The van der Waals surface area contributed by atoms with Crippen molar-refractivity contribution in [2.45, 2.75) is 6.61 Å². The summed E-state index contributed by atoms with van der Waals surface area (Å²) < 4.78 is 0. The van der Waals surface area contributed by atoms with Crippen LogP contribution in [0.2, 0.25) is 0 Å². The van der Waals surface area contributed by atoms with Gasteiger partial charge in [-0.25, -0.2) is 5.43 Å². The third-order valence-electron chi connectivity index (χ3n) is 2.97. The van der Waals surface area contributed by atoms with Crippen molar-refractivity contribution in [1.82, 2.24) is 5.43 Å². The van der Waals surface area contributed by atoms with Gasteiger partial charge >= 0.3 is 0 Å². The summed E-state index contributed by atoms with van der Waals surface area (Å²) >= 11 is 0. The Morgan fingerprint density at radius 1 is 1.27 bits per heavy atom. The fourth-order valence-electron chi connectivity index (χ4n) is 1.73. The number of hydrogen-bond acceptors (Lipinski definition) is 4. The zero-order chi connectivity index (χ0) is 15.9. The van der Waals surface area contributed by atoms with Crippen molar-refractivity contribution in [2.75, 3.05) is 0 Å². The number of aliphatic hydroxyl groups excluding tert-OH is 1. The number of rotatable bonds is 4. The quantitative estimate of drug-likeness (QED) is 0.455. The van der Waals surface area contributed by atoms with Gasteiger partial charge in [-0.3, -0.25) is 4.79 Å². The van der Waals surface area contributed by atoms with E-state index in [2.05, 4.69) is 16.4 Å². The lowest BCUT2D eigenvalue weighted by molar-refractivity contribution is 0.0955. The number of nitrogens with one attached hydrogen (secondary N) is 1. The van der Waals surface area contributed by atoms with Crippen molar-refractivity contribution in [1.29, 1.82) is 0 Å². The second-order valence-electron chi connectivity index (χ2n) is 4.47. The van der Waals surface area contributed by atoms with E-state index in [4.69, 9.17) is 11.5 Å². The highest BCUT2D eigenvalue weighted by Gasteiger charge is 2.04. The van der Waals surface area contributed by atoms with Gasteiger partial charge in [-0.15, -0.1) is 6.42 Å². The third-order valence-corrected chi connectivity index (χ3v) is 2.97. The Bertz CT molecular complexity index is 743. The highest BCUT2D eigenvalue weighted by atomic mass is 16.3. The molecule has 0 atom stereocenters. The van der Waals surface area contributed by atoms with E-state index in [0.29, 0.717) is 16.7 Å². The zero-order valence-corrected chi connectivity index (χ0v) is 11.7. The summed E-state index contributed by atoms with van der Waals surface area (Å²) in [5, 5.41) is 22.5. The SMILES string of the molecule is C#Cc1ccc(/C=N/NC(=O)c2ccc(CO)cc2)c(O)c1. The summed E-state index contributed by atoms with van der Waals surface area (Å²) in [5.74, 6) is 2.01. The van der Waals surface area contributed by atoms with Crippen LogP contribution < -0.4 is 5.43 Å². The number of phenolic OH excluding ortho intramolecular Hbond substituents is 1. The Labute approximate surface area is 127 Å². The van der Waals surface area contributed by atoms with Crippen LogP contribution in [0.3, 0.4) is 0 Å². The van der Waals surface area contributed by atoms with Crippen molar-refractivity contribution in [3.05, 3.63) is 64.7 Å². The number of hydrogen-bond donors (Lipinski definition) is 3. The molecule has 0 radical (unpaired) electrons. The van der Waals surface area contributed by atoms with Crippen LogP contribution in [-0.2, 0) is 6.61 Å². The van der Waals surface area contributed by atoms with Gasteiger partial charge in [0.15, 0.2) is 0 Å². The zero-order valence-electron chi connectivity index (χ0n) is 11.7. The number of amides is 1. The number of nitrogens with zero attached hydrogens (tertiary/aromatic N) is 1. The predicted molar refractivity (Wildman–Crippen MR) is 83.5 cm³/mol. The number of terminal acetylenes is 1. The van der Waals surface area contributed by atoms with Gasteiger partial charge < -0.3 is 10.2 Å². The molecule has 0 bridgehead atoms. The van der Waals surface area contributed by atoms with E-state index < -0.39 is 0 Å². The average Bonchev–Trinajstić information content (AvgIpc) is 2.56. The molecular weight excluding hydrogens is 280 g/mol. The van der Waals surface area contributed by atoms with Crippen LogP contribution in [0, 0.1) is 12.3 Å². The first kappa shape index (κ1) is 15.3. The second-order valence-corrected chi connectivity index (χ2v) is 4.47. The molecule has 110 valence electrons. The van der Waals surface area contributed by atoms with Gasteiger partial charge in [-0.2, -0.15) is 5.10 Å². The van der Waals surface area contributed by atoms with E-state index in [1.54, 1.807) is 36.4 Å². The average molecular weight is 294 g/mol. The first-order valence-corrected chi connectivity index (χ1v) is 6.47. The van der Waals surface area contributed by atoms with Gasteiger partial charge in [-0.05, 0) is 35.9 Å². The molecule has 0 fully saturated rings. The third kappa shape index (κ3) is 3.72. The minimum absolute atomic E-state index is 0.0132. The molecule has 2 aromatic rings. The standard InChI is InChI=1S/C17H14N2O3/c1-2-12-3-8-15(16(21)9-12)10-18-19-17(22)14-6-4-13(11-20)5-7-14/h1,3-10,20-21H,11H2,(H,19,22)/b18-10+. The summed E-state index contributed by atoms with van der Waals surface area (Å²) in [4.78, 5) is 11.8. The van der Waals surface area contributed by atoms with Crippen LogP contribution in [0.25, 0.3) is 0 Å². The molecule has 0 heterocycles. The number of carbonyl (C=O) groups excluding carboxylic acids is 1. The Morgan fingerprint density at radius 2 is 2.00 bits per heavy atom. The molecule has 0 saturated heterocycles. The van der Waals surface area contributed by atoms with Crippen molar-refractivity contribution in [2.24, 2.45) is 5.10 Å². The summed E-state index contributed by atoms with van der Waals surface area (Å²) in [7, 11) is 0. The molecule has 0 saturated carbocycles. The highest BCUT2D eigenvalue weighted by Crippen LogP contribution is 2.16. The topological polar surface area (TPSA) is 81.9 Å². The van der Waals surface area contributed by atoms with Gasteiger partial charge in [0, 0.05) is 16.7 Å². The Hall–Kier alpha value is -3.10. The minimum atomic E-state index is -0.388. The van der Waals surface area contributed by atoms with Crippen LogP contribution in [-0.4, -0.2) is 22.3 Å². The van der Waals surface area contributed by atoms with Crippen molar-refractivity contribution in [3.8, 4) is 18.1 Å². The number of benzene rings is 2. The molecule has 2 rings (SSSR count). The molecule has 1 amide bonds. The first-order chi connectivity index (χ1) is 10.6. The van der Waals surface area contributed by atoms with E-state index >= 15 is 0 Å². The maximum Gasteiger partial charge on any atom is 0.271 e. The molecular formula is C17H14N2O3. The van der Waals surface area contributed by atoms with Gasteiger partial charge in [0.1, 0.15) is 5.75 Å². The molecule has 0 aliphatic carbocycles. The van der Waals surface area contributed by atoms with Crippen LogP contribution in [0.15, 0.2) is 47.6 Å². The van der Waals surface area contributed by atoms with Crippen molar-refractivity contribution in [3.63, 3.8) is 0 Å². The predicted octanol–water partition coefficient (Wildman–Crippen LogP) is 1.63. The van der Waals surface area contributed by atoms with E-state index in [1.807, 2.05) is 0 Å². The maximum atomic E-state index is 11.8. The summed E-state index contributed by atoms with van der Waals surface area (Å²) in [5.41, 5.74) is 4.49. The number of hydrazone groups is 1. The van der Waals surface area contributed by atoms with E-state index in [9.17, 15) is 9.90 Å². The fourth-order valence-corrected chi connectivity index (χ4v) is 1.73. The first-order valence-electron chi connectivity index (χ1n) is 6.47. The number of phenols is 1. The van der Waals surface area contributed by atoms with Crippen LogP contribution in [0.4, 0.5) is 0 Å². The molecule has 22 heavy (non-hydrogen) atoms. The smallest absolute Gasteiger partial charge is 0.271 e. The molecule has 0 aliphatic rings. The number of aromatic hydroxyl groups is 1. The normalized spacial score (nSPS) is 10.4. The van der Waals surface area contributed by atoms with Crippen LogP contribution in [0.1, 0.15) is 27.0 Å². The monoisotopic (exact) mass is 294 g/mol. The lowest BCUT2D eigenvalue weighted by atomic mass is 10.1. The molecule has 5 nitrogen and oxygen atoms in total. The summed E-state index contributed by atoms with van der Waals surface area (Å²) in [6.07, 6.45) is 6.56. The molecule has 5 heteroatoms. The van der Waals surface area contributed by atoms with Gasteiger partial charge in [-0.1, -0.05) is 18.1 Å². The van der Waals surface area contributed by atoms with E-state index in [-0.39, 0.29) is 18.3 Å².